The molecule has 3 fully saturated rings. The number of anilines is 1. The molecule has 0 radical (unpaired) electrons. The van der Waals surface area contributed by atoms with E-state index >= 15 is 0 Å². The second kappa shape index (κ2) is 6.70. The lowest BCUT2D eigenvalue weighted by Gasteiger charge is -2.59. The summed E-state index contributed by atoms with van der Waals surface area (Å²) >= 11 is 0. The molecule has 7 nitrogen and oxygen atoms in total. The van der Waals surface area contributed by atoms with Crippen LogP contribution in [0, 0.1) is 11.3 Å². The van der Waals surface area contributed by atoms with Crippen molar-refractivity contribution in [3.05, 3.63) is 12.4 Å². The molecule has 0 amide bonds. The van der Waals surface area contributed by atoms with Crippen LogP contribution in [0.25, 0.3) is 0 Å². The van der Waals surface area contributed by atoms with Crippen LogP contribution in [0.15, 0.2) is 12.4 Å². The van der Waals surface area contributed by atoms with E-state index in [9.17, 15) is 4.79 Å². The number of carbonyl (C=O) groups is 1. The largest absolute Gasteiger partial charge is 0.498 e. The molecule has 4 rings (SSSR count). The van der Waals surface area contributed by atoms with Crippen molar-refractivity contribution >= 4 is 24.5 Å². The molecule has 0 atom stereocenters. The Balaban J connectivity index is 1.29. The Morgan fingerprint density at radius 1 is 1.18 bits per heavy atom. The first-order valence-corrected chi connectivity index (χ1v) is 10.2. The molecule has 2 saturated heterocycles. The highest BCUT2D eigenvalue weighted by Crippen LogP contribution is 2.53. The maximum Gasteiger partial charge on any atom is 0.498 e. The van der Waals surface area contributed by atoms with Crippen molar-refractivity contribution in [2.24, 2.45) is 11.3 Å². The van der Waals surface area contributed by atoms with Gasteiger partial charge in [0.1, 0.15) is 0 Å². The molecule has 1 aromatic heterocycles. The molecule has 0 aromatic carbocycles. The molecule has 2 aliphatic heterocycles. The number of rotatable bonds is 5. The standard InChI is InChI=1S/C20H30BN3O4/c1-6-26-16(25)7-14-8-20(9-14)12-24(13-20)17-22-10-15(11-23-17)21-27-18(2,3)19(4,5)28-21/h10-11,14H,6-9,12-13H2,1-5H3. The monoisotopic (exact) mass is 387 g/mol. The zero-order valence-electron chi connectivity index (χ0n) is 17.5. The van der Waals surface area contributed by atoms with Crippen molar-refractivity contribution in [2.45, 2.75) is 65.1 Å². The predicted octanol–water partition coefficient (Wildman–Crippen LogP) is 1.95. The van der Waals surface area contributed by atoms with Gasteiger partial charge in [-0.3, -0.25) is 4.79 Å². The molecule has 8 heteroatoms. The molecule has 152 valence electrons. The highest BCUT2D eigenvalue weighted by atomic mass is 16.7. The van der Waals surface area contributed by atoms with Crippen LogP contribution in [0.4, 0.5) is 5.95 Å². The van der Waals surface area contributed by atoms with Crippen molar-refractivity contribution in [2.75, 3.05) is 24.6 Å². The average molecular weight is 387 g/mol. The number of nitrogens with zero attached hydrogens (tertiary/aromatic N) is 3. The second-order valence-electron chi connectivity index (χ2n) is 9.54. The van der Waals surface area contributed by atoms with E-state index in [-0.39, 0.29) is 17.2 Å². The van der Waals surface area contributed by atoms with Crippen LogP contribution in [0.1, 0.15) is 53.9 Å². The average Bonchev–Trinajstić information content (AvgIpc) is 2.77. The van der Waals surface area contributed by atoms with Crippen LogP contribution in [0.3, 0.4) is 0 Å². The lowest BCUT2D eigenvalue weighted by Crippen LogP contribution is -2.63. The van der Waals surface area contributed by atoms with Gasteiger partial charge in [0.05, 0.1) is 17.8 Å². The lowest BCUT2D eigenvalue weighted by atomic mass is 9.57. The second-order valence-corrected chi connectivity index (χ2v) is 9.54. The Hall–Kier alpha value is -1.67. The fourth-order valence-corrected chi connectivity index (χ4v) is 4.52. The summed E-state index contributed by atoms with van der Waals surface area (Å²) in [5, 5.41) is 0. The number of hydrogen-bond acceptors (Lipinski definition) is 7. The van der Waals surface area contributed by atoms with Gasteiger partial charge in [0.15, 0.2) is 0 Å². The predicted molar refractivity (Wildman–Crippen MR) is 106 cm³/mol. The minimum absolute atomic E-state index is 0.0693. The van der Waals surface area contributed by atoms with E-state index in [1.54, 1.807) is 12.4 Å². The highest BCUT2D eigenvalue weighted by Gasteiger charge is 2.54. The summed E-state index contributed by atoms with van der Waals surface area (Å²) in [6, 6.07) is 0. The lowest BCUT2D eigenvalue weighted by molar-refractivity contribution is -0.146. The van der Waals surface area contributed by atoms with Crippen LogP contribution >= 0.6 is 0 Å². The fraction of sp³-hybridized carbons (Fsp3) is 0.750. The van der Waals surface area contributed by atoms with Crippen molar-refractivity contribution in [1.29, 1.82) is 0 Å². The van der Waals surface area contributed by atoms with Crippen LogP contribution < -0.4 is 10.4 Å². The minimum Gasteiger partial charge on any atom is -0.466 e. The molecule has 1 spiro atoms. The number of esters is 1. The van der Waals surface area contributed by atoms with Gasteiger partial charge < -0.3 is 18.9 Å². The van der Waals surface area contributed by atoms with Crippen molar-refractivity contribution in [3.63, 3.8) is 0 Å². The van der Waals surface area contributed by atoms with E-state index in [4.69, 9.17) is 14.0 Å². The normalized spacial score (nSPS) is 24.8. The van der Waals surface area contributed by atoms with Gasteiger partial charge in [-0.1, -0.05) is 0 Å². The zero-order valence-corrected chi connectivity index (χ0v) is 17.5. The van der Waals surface area contributed by atoms with Gasteiger partial charge in [-0.05, 0) is 53.4 Å². The van der Waals surface area contributed by atoms with Crippen molar-refractivity contribution in [3.8, 4) is 0 Å². The van der Waals surface area contributed by atoms with Gasteiger partial charge in [0.2, 0.25) is 5.95 Å². The topological polar surface area (TPSA) is 73.8 Å². The third-order valence-electron chi connectivity index (χ3n) is 6.72. The summed E-state index contributed by atoms with van der Waals surface area (Å²) in [5.74, 6) is 1.15. The summed E-state index contributed by atoms with van der Waals surface area (Å²) in [4.78, 5) is 22.9. The van der Waals surface area contributed by atoms with Gasteiger partial charge in [-0.25, -0.2) is 9.97 Å². The third kappa shape index (κ3) is 3.41. The van der Waals surface area contributed by atoms with Crippen molar-refractivity contribution < 1.29 is 18.8 Å². The van der Waals surface area contributed by atoms with Gasteiger partial charge in [0.25, 0.3) is 0 Å². The van der Waals surface area contributed by atoms with Gasteiger partial charge in [-0.15, -0.1) is 0 Å². The van der Waals surface area contributed by atoms with Gasteiger partial charge >= 0.3 is 13.1 Å². The molecule has 0 N–H and O–H groups in total. The van der Waals surface area contributed by atoms with Crippen LogP contribution in [0.2, 0.25) is 0 Å². The Morgan fingerprint density at radius 2 is 1.75 bits per heavy atom. The summed E-state index contributed by atoms with van der Waals surface area (Å²) < 4.78 is 17.2. The SMILES string of the molecule is CCOC(=O)CC1CC2(C1)CN(c1ncc(B3OC(C)(C)C(C)(C)O3)cn1)C2. The first-order chi connectivity index (χ1) is 13.1. The Kier molecular flexibility index (Phi) is 4.70. The summed E-state index contributed by atoms with van der Waals surface area (Å²) in [5.41, 5.74) is 0.440. The summed E-state index contributed by atoms with van der Waals surface area (Å²) in [6.07, 6.45) is 6.34. The molecule has 1 saturated carbocycles. The van der Waals surface area contributed by atoms with E-state index in [1.807, 2.05) is 34.6 Å². The van der Waals surface area contributed by atoms with E-state index in [0.717, 1.165) is 37.3 Å². The quantitative estimate of drug-likeness (QED) is 0.565. The Bertz CT molecular complexity index is 722. The van der Waals surface area contributed by atoms with E-state index < -0.39 is 7.12 Å². The fourth-order valence-electron chi connectivity index (χ4n) is 4.52. The third-order valence-corrected chi connectivity index (χ3v) is 6.72. The summed E-state index contributed by atoms with van der Waals surface area (Å²) in [6.45, 7) is 12.4. The molecule has 3 heterocycles. The maximum absolute atomic E-state index is 11.6. The molecule has 3 aliphatic rings. The number of aromatic nitrogens is 2. The van der Waals surface area contributed by atoms with E-state index in [1.165, 1.54) is 0 Å². The number of ether oxygens (including phenoxy) is 1. The molecular formula is C20H30BN3O4. The molecule has 28 heavy (non-hydrogen) atoms. The van der Waals surface area contributed by atoms with E-state index in [0.29, 0.717) is 24.4 Å². The summed E-state index contributed by atoms with van der Waals surface area (Å²) in [7, 11) is -0.433. The Labute approximate surface area is 167 Å². The van der Waals surface area contributed by atoms with Crippen LogP contribution in [-0.2, 0) is 18.8 Å². The highest BCUT2D eigenvalue weighted by molar-refractivity contribution is 6.61. The number of hydrogen-bond donors (Lipinski definition) is 0. The molecular weight excluding hydrogens is 357 g/mol. The first-order valence-electron chi connectivity index (χ1n) is 10.2. The maximum atomic E-state index is 11.6. The number of carbonyl (C=O) groups excluding carboxylic acids is 1. The first kappa shape index (κ1) is 19.6. The minimum atomic E-state index is -0.433. The van der Waals surface area contributed by atoms with Crippen LogP contribution in [0.5, 0.6) is 0 Å². The molecule has 1 aromatic rings. The Morgan fingerprint density at radius 3 is 2.29 bits per heavy atom. The van der Waals surface area contributed by atoms with Crippen molar-refractivity contribution in [1.82, 2.24) is 9.97 Å². The van der Waals surface area contributed by atoms with E-state index in [2.05, 4.69) is 14.9 Å². The van der Waals surface area contributed by atoms with Gasteiger partial charge in [-0.2, -0.15) is 0 Å². The van der Waals surface area contributed by atoms with Gasteiger partial charge in [0, 0.05) is 42.8 Å². The molecule has 0 unspecified atom stereocenters. The molecule has 0 bridgehead atoms. The van der Waals surface area contributed by atoms with Crippen LogP contribution in [-0.4, -0.2) is 54.0 Å². The molecule has 1 aliphatic carbocycles. The zero-order chi connectivity index (χ0) is 20.2. The smallest absolute Gasteiger partial charge is 0.466 e.